The van der Waals surface area contributed by atoms with Crippen LogP contribution in [0.15, 0.2) is 35.9 Å². The highest BCUT2D eigenvalue weighted by molar-refractivity contribution is 7.98. The first-order chi connectivity index (χ1) is 7.25. The van der Waals surface area contributed by atoms with Crippen LogP contribution in [0.5, 0.6) is 0 Å². The van der Waals surface area contributed by atoms with Gasteiger partial charge in [0.1, 0.15) is 5.03 Å². The molecule has 2 heterocycles. The molecule has 0 amide bonds. The summed E-state index contributed by atoms with van der Waals surface area (Å²) in [6.45, 7) is 0. The highest BCUT2D eigenvalue weighted by atomic mass is 35.5. The molecular weight excluding hydrogens is 301 g/mol. The predicted molar refractivity (Wildman–Crippen MR) is 76.5 cm³/mol. The van der Waals surface area contributed by atoms with E-state index in [1.54, 1.807) is 24.3 Å². The molecule has 2 rings (SSSR count). The van der Waals surface area contributed by atoms with Gasteiger partial charge in [-0.1, -0.05) is 23.4 Å². The standard InChI is InChI=1S/C10H10ClN3S.2ClH/c1-14-5-8(13-7-14)6-15-10-9(11)3-2-4-12-10;;/h2-5,7H,6H2,1H3;2*1H. The van der Waals surface area contributed by atoms with Gasteiger partial charge < -0.3 is 4.57 Å². The number of aryl methyl sites for hydroxylation is 1. The number of hydrogen-bond acceptors (Lipinski definition) is 3. The fraction of sp³-hybridized carbons (Fsp3) is 0.200. The van der Waals surface area contributed by atoms with E-state index in [9.17, 15) is 0 Å². The predicted octanol–water partition coefficient (Wildman–Crippen LogP) is 3.60. The number of aromatic nitrogens is 3. The average molecular weight is 313 g/mol. The van der Waals surface area contributed by atoms with Gasteiger partial charge in [-0.05, 0) is 12.1 Å². The molecule has 0 aliphatic rings. The Morgan fingerprint density at radius 2 is 2.12 bits per heavy atom. The number of rotatable bonds is 3. The molecular formula is C10H12Cl3N3S. The van der Waals surface area contributed by atoms with E-state index in [1.165, 1.54) is 0 Å². The zero-order valence-electron chi connectivity index (χ0n) is 9.04. The van der Waals surface area contributed by atoms with Gasteiger partial charge >= 0.3 is 0 Å². The minimum atomic E-state index is 0. The maximum Gasteiger partial charge on any atom is 0.115 e. The van der Waals surface area contributed by atoms with Gasteiger partial charge in [0.05, 0.1) is 17.0 Å². The molecule has 0 aromatic carbocycles. The first kappa shape index (κ1) is 16.6. The van der Waals surface area contributed by atoms with Crippen LogP contribution in [-0.2, 0) is 12.8 Å². The third kappa shape index (κ3) is 4.76. The lowest BCUT2D eigenvalue weighted by atomic mass is 10.5. The van der Waals surface area contributed by atoms with Crippen molar-refractivity contribution in [2.75, 3.05) is 0 Å². The summed E-state index contributed by atoms with van der Waals surface area (Å²) in [7, 11) is 1.95. The SMILES string of the molecule is Cl.Cl.Cn1cnc(CSc2ncccc2Cl)c1. The summed E-state index contributed by atoms with van der Waals surface area (Å²) >= 11 is 7.58. The molecule has 0 fully saturated rings. The fourth-order valence-electron chi connectivity index (χ4n) is 1.16. The molecule has 0 unspecified atom stereocenters. The summed E-state index contributed by atoms with van der Waals surface area (Å²) in [5.41, 5.74) is 1.03. The number of thioether (sulfide) groups is 1. The van der Waals surface area contributed by atoms with Crippen LogP contribution in [0, 0.1) is 0 Å². The van der Waals surface area contributed by atoms with Gasteiger partial charge in [0, 0.05) is 25.2 Å². The van der Waals surface area contributed by atoms with Crippen LogP contribution in [0.4, 0.5) is 0 Å². The maximum atomic E-state index is 5.99. The summed E-state index contributed by atoms with van der Waals surface area (Å²) in [5, 5.41) is 1.54. The van der Waals surface area contributed by atoms with Crippen LogP contribution in [0.2, 0.25) is 5.02 Å². The second kappa shape index (κ2) is 7.82. The molecule has 7 heteroatoms. The Morgan fingerprint density at radius 3 is 2.71 bits per heavy atom. The van der Waals surface area contributed by atoms with Crippen molar-refractivity contribution in [3.63, 3.8) is 0 Å². The van der Waals surface area contributed by atoms with Gasteiger partial charge in [-0.3, -0.25) is 0 Å². The van der Waals surface area contributed by atoms with E-state index >= 15 is 0 Å². The highest BCUT2D eigenvalue weighted by Crippen LogP contribution is 2.26. The van der Waals surface area contributed by atoms with Gasteiger partial charge in [0.2, 0.25) is 0 Å². The van der Waals surface area contributed by atoms with Crippen LogP contribution >= 0.6 is 48.2 Å². The lowest BCUT2D eigenvalue weighted by molar-refractivity contribution is 0.913. The summed E-state index contributed by atoms with van der Waals surface area (Å²) in [6.07, 6.45) is 5.52. The van der Waals surface area contributed by atoms with Gasteiger partial charge in [0.25, 0.3) is 0 Å². The number of pyridine rings is 1. The zero-order chi connectivity index (χ0) is 10.7. The Labute approximate surface area is 122 Å². The van der Waals surface area contributed by atoms with Gasteiger partial charge in [-0.2, -0.15) is 0 Å². The Morgan fingerprint density at radius 1 is 1.35 bits per heavy atom. The Hall–Kier alpha value is -0.420. The second-order valence-corrected chi connectivity index (χ2v) is 4.48. The summed E-state index contributed by atoms with van der Waals surface area (Å²) in [6, 6.07) is 3.67. The molecule has 0 radical (unpaired) electrons. The van der Waals surface area contributed by atoms with Crippen LogP contribution in [0.1, 0.15) is 5.69 Å². The topological polar surface area (TPSA) is 30.7 Å². The number of hydrogen-bond donors (Lipinski definition) is 0. The molecule has 0 bridgehead atoms. The van der Waals surface area contributed by atoms with E-state index in [1.807, 2.05) is 29.9 Å². The van der Waals surface area contributed by atoms with Crippen LogP contribution < -0.4 is 0 Å². The maximum absolute atomic E-state index is 5.99. The largest absolute Gasteiger partial charge is 0.340 e. The molecule has 0 aliphatic heterocycles. The third-order valence-corrected chi connectivity index (χ3v) is 3.30. The van der Waals surface area contributed by atoms with Gasteiger partial charge in [0.15, 0.2) is 0 Å². The molecule has 94 valence electrons. The Kier molecular flexibility index (Phi) is 7.63. The molecule has 0 saturated carbocycles. The molecule has 0 atom stereocenters. The quantitative estimate of drug-likeness (QED) is 0.811. The van der Waals surface area contributed by atoms with Crippen molar-refractivity contribution in [2.24, 2.45) is 7.05 Å². The lowest BCUT2D eigenvalue weighted by Crippen LogP contribution is -1.84. The molecule has 2 aromatic heterocycles. The molecule has 0 spiro atoms. The van der Waals surface area contributed by atoms with Gasteiger partial charge in [-0.15, -0.1) is 24.8 Å². The van der Waals surface area contributed by atoms with E-state index in [4.69, 9.17) is 11.6 Å². The number of halogens is 3. The van der Waals surface area contributed by atoms with E-state index < -0.39 is 0 Å². The summed E-state index contributed by atoms with van der Waals surface area (Å²) in [4.78, 5) is 8.43. The lowest BCUT2D eigenvalue weighted by Gasteiger charge is -1.99. The van der Waals surface area contributed by atoms with Crippen LogP contribution in [0.25, 0.3) is 0 Å². The van der Waals surface area contributed by atoms with E-state index in [-0.39, 0.29) is 24.8 Å². The van der Waals surface area contributed by atoms with Gasteiger partial charge in [-0.25, -0.2) is 9.97 Å². The molecule has 0 aliphatic carbocycles. The highest BCUT2D eigenvalue weighted by Gasteiger charge is 2.03. The third-order valence-electron chi connectivity index (χ3n) is 1.84. The molecule has 0 saturated heterocycles. The average Bonchev–Trinajstić information content (AvgIpc) is 2.63. The Bertz CT molecular complexity index is 462. The van der Waals surface area contributed by atoms with E-state index in [0.29, 0.717) is 5.02 Å². The van der Waals surface area contributed by atoms with Crippen molar-refractivity contribution in [1.29, 1.82) is 0 Å². The minimum Gasteiger partial charge on any atom is -0.340 e. The molecule has 2 aromatic rings. The summed E-state index contributed by atoms with van der Waals surface area (Å²) in [5.74, 6) is 0.789. The molecule has 0 N–H and O–H groups in total. The van der Waals surface area contributed by atoms with Crippen molar-refractivity contribution in [3.8, 4) is 0 Å². The first-order valence-corrected chi connectivity index (χ1v) is 5.82. The fourth-order valence-corrected chi connectivity index (χ4v) is 2.22. The molecule has 3 nitrogen and oxygen atoms in total. The van der Waals surface area contributed by atoms with Crippen LogP contribution in [0.3, 0.4) is 0 Å². The number of nitrogens with zero attached hydrogens (tertiary/aromatic N) is 3. The van der Waals surface area contributed by atoms with Crippen molar-refractivity contribution in [3.05, 3.63) is 41.6 Å². The normalized spacial score (nSPS) is 9.29. The second-order valence-electron chi connectivity index (χ2n) is 3.11. The van der Waals surface area contributed by atoms with Crippen molar-refractivity contribution in [2.45, 2.75) is 10.8 Å². The van der Waals surface area contributed by atoms with E-state index in [2.05, 4.69) is 9.97 Å². The smallest absolute Gasteiger partial charge is 0.115 e. The Balaban J connectivity index is 0.00000128. The minimum absolute atomic E-state index is 0. The van der Waals surface area contributed by atoms with Crippen LogP contribution in [-0.4, -0.2) is 14.5 Å². The van der Waals surface area contributed by atoms with Crippen molar-refractivity contribution in [1.82, 2.24) is 14.5 Å². The summed E-state index contributed by atoms with van der Waals surface area (Å²) < 4.78 is 1.93. The number of imidazole rings is 1. The molecule has 17 heavy (non-hydrogen) atoms. The first-order valence-electron chi connectivity index (χ1n) is 4.46. The van der Waals surface area contributed by atoms with Crippen molar-refractivity contribution >= 4 is 48.2 Å². The van der Waals surface area contributed by atoms with E-state index in [0.717, 1.165) is 16.5 Å². The monoisotopic (exact) mass is 311 g/mol. The zero-order valence-corrected chi connectivity index (χ0v) is 12.2. The van der Waals surface area contributed by atoms with Crippen molar-refractivity contribution < 1.29 is 0 Å².